The molecule has 114 valence electrons. The third kappa shape index (κ3) is 4.07. The molecule has 1 heterocycles. The number of hydrogen-bond donors (Lipinski definition) is 1. The van der Waals surface area contributed by atoms with Crippen LogP contribution in [0, 0.1) is 0 Å². The summed E-state index contributed by atoms with van der Waals surface area (Å²) in [7, 11) is 0. The highest BCUT2D eigenvalue weighted by molar-refractivity contribution is 9.10. The van der Waals surface area contributed by atoms with Crippen molar-refractivity contribution in [1.82, 2.24) is 15.1 Å². The highest BCUT2D eigenvalue weighted by atomic mass is 79.9. The van der Waals surface area contributed by atoms with Crippen LogP contribution in [0.5, 0.6) is 0 Å². The van der Waals surface area contributed by atoms with E-state index in [1.165, 1.54) is 4.68 Å². The third-order valence-corrected chi connectivity index (χ3v) is 3.44. The Hall–Kier alpha value is -1.34. The van der Waals surface area contributed by atoms with Crippen LogP contribution < -0.4 is 5.32 Å². The number of nitrogens with zero attached hydrogens (tertiary/aromatic N) is 2. The Morgan fingerprint density at radius 1 is 1.33 bits per heavy atom. The molecule has 0 unspecified atom stereocenters. The van der Waals surface area contributed by atoms with Crippen LogP contribution >= 0.6 is 15.9 Å². The molecule has 3 nitrogen and oxygen atoms in total. The lowest BCUT2D eigenvalue weighted by Gasteiger charge is -2.11. The molecule has 0 amide bonds. The summed E-state index contributed by atoms with van der Waals surface area (Å²) in [4.78, 5) is 0. The summed E-state index contributed by atoms with van der Waals surface area (Å²) in [6.45, 7) is 3.48. The van der Waals surface area contributed by atoms with Gasteiger partial charge in [-0.05, 0) is 30.7 Å². The van der Waals surface area contributed by atoms with Gasteiger partial charge in [0.1, 0.15) is 0 Å². The fraction of sp³-hybridized carbons (Fsp3) is 0.357. The van der Waals surface area contributed by atoms with Gasteiger partial charge in [-0.3, -0.25) is 0 Å². The molecule has 0 aliphatic heterocycles. The molecule has 7 heteroatoms. The average Bonchev–Trinajstić information content (AvgIpc) is 2.90. The number of hydrogen-bond acceptors (Lipinski definition) is 2. The van der Waals surface area contributed by atoms with Gasteiger partial charge in [-0.2, -0.15) is 18.3 Å². The van der Waals surface area contributed by atoms with E-state index in [0.717, 1.165) is 35.4 Å². The zero-order valence-corrected chi connectivity index (χ0v) is 13.0. The van der Waals surface area contributed by atoms with E-state index in [1.807, 2.05) is 12.1 Å². The molecular weight excluding hydrogens is 347 g/mol. The summed E-state index contributed by atoms with van der Waals surface area (Å²) >= 11 is 3.34. The van der Waals surface area contributed by atoms with Crippen molar-refractivity contribution in [3.05, 3.63) is 46.2 Å². The summed E-state index contributed by atoms with van der Waals surface area (Å²) in [5.41, 5.74) is 0.766. The number of benzene rings is 1. The monoisotopic (exact) mass is 361 g/mol. The molecule has 1 aromatic carbocycles. The highest BCUT2D eigenvalue weighted by Gasteiger charge is 2.32. The van der Waals surface area contributed by atoms with E-state index in [9.17, 15) is 13.2 Å². The topological polar surface area (TPSA) is 29.9 Å². The van der Waals surface area contributed by atoms with Crippen LogP contribution in [0.3, 0.4) is 0 Å². The number of halogens is 4. The summed E-state index contributed by atoms with van der Waals surface area (Å²) in [6, 6.07) is 5.49. The van der Waals surface area contributed by atoms with Crippen LogP contribution in [0.15, 0.2) is 35.1 Å². The van der Waals surface area contributed by atoms with Crippen molar-refractivity contribution in [2.45, 2.75) is 26.1 Å². The maximum Gasteiger partial charge on any atom is 0.419 e. The standard InChI is InChI=1S/C14H15BrF3N3/c1-2-5-19-7-10-3-4-12(15)6-13(10)21-9-11(8-20-21)14(16,17)18/h3-4,6,8-9,19H,2,5,7H2,1H3. The smallest absolute Gasteiger partial charge is 0.313 e. The van der Waals surface area contributed by atoms with Gasteiger partial charge in [-0.15, -0.1) is 0 Å². The Bertz CT molecular complexity index is 608. The molecule has 0 saturated carbocycles. The van der Waals surface area contributed by atoms with E-state index in [-0.39, 0.29) is 0 Å². The van der Waals surface area contributed by atoms with E-state index in [2.05, 4.69) is 33.3 Å². The fourth-order valence-corrected chi connectivity index (χ4v) is 2.25. The molecule has 2 aromatic rings. The molecule has 1 aromatic heterocycles. The predicted octanol–water partition coefficient (Wildman–Crippen LogP) is 4.15. The summed E-state index contributed by atoms with van der Waals surface area (Å²) in [6.07, 6.45) is -1.55. The first-order chi connectivity index (χ1) is 9.91. The van der Waals surface area contributed by atoms with Gasteiger partial charge in [0, 0.05) is 17.2 Å². The van der Waals surface area contributed by atoms with Crippen molar-refractivity contribution in [2.75, 3.05) is 6.54 Å². The van der Waals surface area contributed by atoms with E-state index in [0.29, 0.717) is 12.2 Å². The van der Waals surface area contributed by atoms with Crippen LogP contribution in [0.2, 0.25) is 0 Å². The average molecular weight is 362 g/mol. The lowest BCUT2D eigenvalue weighted by atomic mass is 10.1. The first kappa shape index (κ1) is 16.0. The van der Waals surface area contributed by atoms with Crippen molar-refractivity contribution in [3.8, 4) is 5.69 Å². The molecule has 0 atom stereocenters. The van der Waals surface area contributed by atoms with Crippen LogP contribution in [-0.2, 0) is 12.7 Å². The second-order valence-electron chi connectivity index (χ2n) is 4.62. The SMILES string of the molecule is CCCNCc1ccc(Br)cc1-n1cc(C(F)(F)F)cn1. The van der Waals surface area contributed by atoms with Gasteiger partial charge >= 0.3 is 6.18 Å². The first-order valence-corrected chi connectivity index (χ1v) is 7.32. The van der Waals surface area contributed by atoms with Gasteiger partial charge in [-0.1, -0.05) is 28.9 Å². The van der Waals surface area contributed by atoms with Crippen molar-refractivity contribution in [2.24, 2.45) is 0 Å². The molecule has 0 radical (unpaired) electrons. The lowest BCUT2D eigenvalue weighted by Crippen LogP contribution is -2.15. The predicted molar refractivity (Wildman–Crippen MR) is 78.3 cm³/mol. The van der Waals surface area contributed by atoms with Crippen molar-refractivity contribution in [3.63, 3.8) is 0 Å². The molecular formula is C14H15BrF3N3. The van der Waals surface area contributed by atoms with E-state index in [4.69, 9.17) is 0 Å². The van der Waals surface area contributed by atoms with Crippen LogP contribution in [0.25, 0.3) is 5.69 Å². The molecule has 21 heavy (non-hydrogen) atoms. The molecule has 0 aliphatic carbocycles. The minimum Gasteiger partial charge on any atom is -0.313 e. The van der Waals surface area contributed by atoms with Crippen molar-refractivity contribution < 1.29 is 13.2 Å². The zero-order chi connectivity index (χ0) is 15.5. The van der Waals surface area contributed by atoms with Crippen molar-refractivity contribution >= 4 is 15.9 Å². The van der Waals surface area contributed by atoms with Crippen LogP contribution in [0.4, 0.5) is 13.2 Å². The lowest BCUT2D eigenvalue weighted by molar-refractivity contribution is -0.137. The van der Waals surface area contributed by atoms with E-state index in [1.54, 1.807) is 6.07 Å². The highest BCUT2D eigenvalue weighted by Crippen LogP contribution is 2.30. The van der Waals surface area contributed by atoms with Gasteiger partial charge in [0.05, 0.1) is 17.4 Å². The molecule has 2 rings (SSSR count). The summed E-state index contributed by atoms with van der Waals surface area (Å²) in [5.74, 6) is 0. The Morgan fingerprint density at radius 2 is 2.10 bits per heavy atom. The number of aromatic nitrogens is 2. The zero-order valence-electron chi connectivity index (χ0n) is 11.4. The van der Waals surface area contributed by atoms with Gasteiger partial charge < -0.3 is 5.32 Å². The second-order valence-corrected chi connectivity index (χ2v) is 5.54. The largest absolute Gasteiger partial charge is 0.419 e. The maximum absolute atomic E-state index is 12.7. The number of rotatable bonds is 5. The molecule has 1 N–H and O–H groups in total. The van der Waals surface area contributed by atoms with Gasteiger partial charge in [0.2, 0.25) is 0 Å². The van der Waals surface area contributed by atoms with Gasteiger partial charge in [0.15, 0.2) is 0 Å². The molecule has 0 saturated heterocycles. The molecule has 0 fully saturated rings. The number of nitrogens with one attached hydrogen (secondary N) is 1. The Morgan fingerprint density at radius 3 is 2.71 bits per heavy atom. The van der Waals surface area contributed by atoms with Crippen molar-refractivity contribution in [1.29, 1.82) is 0 Å². The number of alkyl halides is 3. The van der Waals surface area contributed by atoms with Gasteiger partial charge in [0.25, 0.3) is 0 Å². The molecule has 0 bridgehead atoms. The minimum absolute atomic E-state index is 0.581. The normalized spacial score (nSPS) is 11.9. The summed E-state index contributed by atoms with van der Waals surface area (Å²) in [5, 5.41) is 7.07. The quantitative estimate of drug-likeness (QED) is 0.810. The third-order valence-electron chi connectivity index (χ3n) is 2.95. The van der Waals surface area contributed by atoms with Gasteiger partial charge in [-0.25, -0.2) is 4.68 Å². The second kappa shape index (κ2) is 6.62. The van der Waals surface area contributed by atoms with E-state index < -0.39 is 11.7 Å². The first-order valence-electron chi connectivity index (χ1n) is 6.53. The van der Waals surface area contributed by atoms with Crippen LogP contribution in [-0.4, -0.2) is 16.3 Å². The summed E-state index contributed by atoms with van der Waals surface area (Å²) < 4.78 is 40.1. The minimum atomic E-state index is -4.38. The maximum atomic E-state index is 12.7. The Labute approximate surface area is 129 Å². The fourth-order valence-electron chi connectivity index (χ4n) is 1.90. The van der Waals surface area contributed by atoms with Crippen LogP contribution in [0.1, 0.15) is 24.5 Å². The molecule has 0 aliphatic rings. The Kier molecular flexibility index (Phi) is 5.05. The van der Waals surface area contributed by atoms with E-state index >= 15 is 0 Å². The molecule has 0 spiro atoms. The Balaban J connectivity index is 2.33.